The molecule has 0 unspecified atom stereocenters. The Balaban J connectivity index is 1.71. The second kappa shape index (κ2) is 5.36. The van der Waals surface area contributed by atoms with E-state index >= 15 is 0 Å². The largest absolute Gasteiger partial charge is 0.444 e. The number of benzene rings is 1. The van der Waals surface area contributed by atoms with Crippen LogP contribution < -0.4 is 0 Å². The van der Waals surface area contributed by atoms with Crippen LogP contribution in [0, 0.1) is 0 Å². The van der Waals surface area contributed by atoms with Crippen LogP contribution in [0.5, 0.6) is 0 Å². The van der Waals surface area contributed by atoms with Crippen molar-refractivity contribution in [2.45, 2.75) is 70.1 Å². The summed E-state index contributed by atoms with van der Waals surface area (Å²) in [6.07, 6.45) is 4.25. The maximum absolute atomic E-state index is 12.4. The molecule has 2 aliphatic heterocycles. The highest BCUT2D eigenvalue weighted by Gasteiger charge is 2.44. The van der Waals surface area contributed by atoms with E-state index < -0.39 is 5.60 Å². The Morgan fingerprint density at radius 1 is 1.10 bits per heavy atom. The number of ether oxygens (including phenoxy) is 1. The fourth-order valence-corrected chi connectivity index (χ4v) is 3.79. The quantitative estimate of drug-likeness (QED) is 0.769. The van der Waals surface area contributed by atoms with Gasteiger partial charge in [0, 0.05) is 12.1 Å². The van der Waals surface area contributed by atoms with Gasteiger partial charge in [-0.3, -0.25) is 0 Å². The van der Waals surface area contributed by atoms with Crippen LogP contribution in [0.25, 0.3) is 0 Å². The van der Waals surface area contributed by atoms with Crippen molar-refractivity contribution in [1.29, 1.82) is 0 Å². The highest BCUT2D eigenvalue weighted by Crippen LogP contribution is 2.43. The molecule has 0 spiro atoms. The van der Waals surface area contributed by atoms with Crippen molar-refractivity contribution in [3.05, 3.63) is 35.9 Å². The Kier molecular flexibility index (Phi) is 3.68. The topological polar surface area (TPSA) is 29.5 Å². The number of nitrogens with zero attached hydrogens (tertiary/aromatic N) is 1. The minimum absolute atomic E-state index is 0.124. The second-order valence-electron chi connectivity index (χ2n) is 7.35. The highest BCUT2D eigenvalue weighted by atomic mass is 16.6. The lowest BCUT2D eigenvalue weighted by Gasteiger charge is -2.39. The third kappa shape index (κ3) is 3.07. The Morgan fingerprint density at radius 2 is 1.67 bits per heavy atom. The van der Waals surface area contributed by atoms with Crippen molar-refractivity contribution in [1.82, 2.24) is 4.90 Å². The van der Waals surface area contributed by atoms with Crippen molar-refractivity contribution < 1.29 is 9.53 Å². The van der Waals surface area contributed by atoms with Gasteiger partial charge in [-0.1, -0.05) is 30.3 Å². The molecule has 0 radical (unpaired) electrons. The maximum Gasteiger partial charge on any atom is 0.410 e. The SMILES string of the molecule is CC(C)(C)OC(=O)N1[C@@H]2CC[C@H]1C[C@H](c1ccccc1)C2. The van der Waals surface area contributed by atoms with E-state index in [-0.39, 0.29) is 6.09 Å². The molecule has 114 valence electrons. The van der Waals surface area contributed by atoms with Gasteiger partial charge in [0.25, 0.3) is 0 Å². The zero-order valence-corrected chi connectivity index (χ0v) is 13.2. The average Bonchev–Trinajstić information content (AvgIpc) is 2.69. The van der Waals surface area contributed by atoms with Crippen LogP contribution in [-0.4, -0.2) is 28.7 Å². The lowest BCUT2D eigenvalue weighted by atomic mass is 9.85. The number of amides is 1. The van der Waals surface area contributed by atoms with Crippen molar-refractivity contribution in [3.8, 4) is 0 Å². The summed E-state index contributed by atoms with van der Waals surface area (Å²) in [6, 6.07) is 11.4. The first-order valence-corrected chi connectivity index (χ1v) is 8.00. The number of hydrogen-bond acceptors (Lipinski definition) is 2. The van der Waals surface area contributed by atoms with Crippen LogP contribution in [0.3, 0.4) is 0 Å². The van der Waals surface area contributed by atoms with Crippen molar-refractivity contribution in [3.63, 3.8) is 0 Å². The van der Waals surface area contributed by atoms with Crippen molar-refractivity contribution in [2.24, 2.45) is 0 Å². The normalized spacial score (nSPS) is 28.5. The third-order valence-corrected chi connectivity index (χ3v) is 4.61. The smallest absolute Gasteiger partial charge is 0.410 e. The van der Waals surface area contributed by atoms with E-state index in [2.05, 4.69) is 30.3 Å². The number of piperidine rings is 1. The van der Waals surface area contributed by atoms with Gasteiger partial charge in [0.15, 0.2) is 0 Å². The lowest BCUT2D eigenvalue weighted by molar-refractivity contribution is 0.00585. The summed E-state index contributed by atoms with van der Waals surface area (Å²) in [5.74, 6) is 0.586. The summed E-state index contributed by atoms with van der Waals surface area (Å²) >= 11 is 0. The first-order chi connectivity index (χ1) is 9.94. The summed E-state index contributed by atoms with van der Waals surface area (Å²) in [5.41, 5.74) is 1.01. The fraction of sp³-hybridized carbons (Fsp3) is 0.611. The van der Waals surface area contributed by atoms with E-state index in [1.165, 1.54) is 5.56 Å². The molecular weight excluding hydrogens is 262 g/mol. The van der Waals surface area contributed by atoms with E-state index in [1.807, 2.05) is 25.7 Å². The predicted octanol–water partition coefficient (Wildman–Crippen LogP) is 4.33. The maximum atomic E-state index is 12.4. The Morgan fingerprint density at radius 3 is 2.19 bits per heavy atom. The van der Waals surface area contributed by atoms with Crippen LogP contribution in [0.15, 0.2) is 30.3 Å². The van der Waals surface area contributed by atoms with Crippen LogP contribution in [0.1, 0.15) is 57.9 Å². The zero-order chi connectivity index (χ0) is 15.0. The molecule has 1 aromatic rings. The van der Waals surface area contributed by atoms with Crippen LogP contribution >= 0.6 is 0 Å². The van der Waals surface area contributed by atoms with E-state index in [0.717, 1.165) is 25.7 Å². The van der Waals surface area contributed by atoms with Crippen LogP contribution in [0.4, 0.5) is 4.79 Å². The number of carbonyl (C=O) groups excluding carboxylic acids is 1. The summed E-state index contributed by atoms with van der Waals surface area (Å²) in [6.45, 7) is 5.80. The first kappa shape index (κ1) is 14.4. The highest BCUT2D eigenvalue weighted by molar-refractivity contribution is 5.69. The van der Waals surface area contributed by atoms with Gasteiger partial charge in [-0.15, -0.1) is 0 Å². The number of hydrogen-bond donors (Lipinski definition) is 0. The van der Waals surface area contributed by atoms with Crippen LogP contribution in [0.2, 0.25) is 0 Å². The molecule has 1 amide bonds. The first-order valence-electron chi connectivity index (χ1n) is 8.00. The second-order valence-corrected chi connectivity index (χ2v) is 7.35. The molecule has 21 heavy (non-hydrogen) atoms. The fourth-order valence-electron chi connectivity index (χ4n) is 3.79. The van der Waals surface area contributed by atoms with Gasteiger partial charge >= 0.3 is 6.09 Å². The molecule has 1 aromatic carbocycles. The molecule has 3 rings (SSSR count). The molecule has 2 saturated heterocycles. The summed E-state index contributed by atoms with van der Waals surface area (Å²) in [4.78, 5) is 14.4. The lowest BCUT2D eigenvalue weighted by Crippen LogP contribution is -2.48. The molecule has 2 aliphatic rings. The van der Waals surface area contributed by atoms with Gasteiger partial charge < -0.3 is 9.64 Å². The molecule has 3 nitrogen and oxygen atoms in total. The van der Waals surface area contributed by atoms with Gasteiger partial charge in [0.1, 0.15) is 5.60 Å². The minimum Gasteiger partial charge on any atom is -0.444 e. The zero-order valence-electron chi connectivity index (χ0n) is 13.2. The van der Waals surface area contributed by atoms with Gasteiger partial charge in [-0.25, -0.2) is 4.79 Å². The molecule has 0 N–H and O–H groups in total. The molecule has 3 atom stereocenters. The molecule has 3 heteroatoms. The summed E-state index contributed by atoms with van der Waals surface area (Å²) in [5, 5.41) is 0. The molecular formula is C18H25NO2. The number of fused-ring (bicyclic) bond motifs is 2. The van der Waals surface area contributed by atoms with Gasteiger partial charge in [-0.2, -0.15) is 0 Å². The summed E-state index contributed by atoms with van der Waals surface area (Å²) < 4.78 is 5.59. The Hall–Kier alpha value is -1.51. The van der Waals surface area contributed by atoms with E-state index in [0.29, 0.717) is 18.0 Å². The standard InChI is InChI=1S/C18H25NO2/c1-18(2,3)21-17(20)19-15-9-10-16(19)12-14(11-15)13-7-5-4-6-8-13/h4-8,14-16H,9-12H2,1-3H3/t14-,15-,16+. The number of carbonyl (C=O) groups is 1. The predicted molar refractivity (Wildman–Crippen MR) is 83.3 cm³/mol. The monoisotopic (exact) mass is 287 g/mol. The Bertz CT molecular complexity index is 492. The van der Waals surface area contributed by atoms with Crippen molar-refractivity contribution >= 4 is 6.09 Å². The average molecular weight is 287 g/mol. The van der Waals surface area contributed by atoms with Gasteiger partial charge in [0.2, 0.25) is 0 Å². The van der Waals surface area contributed by atoms with Gasteiger partial charge in [-0.05, 0) is 57.9 Å². The van der Waals surface area contributed by atoms with E-state index in [4.69, 9.17) is 4.74 Å². The molecule has 2 heterocycles. The van der Waals surface area contributed by atoms with Crippen molar-refractivity contribution in [2.75, 3.05) is 0 Å². The molecule has 2 bridgehead atoms. The van der Waals surface area contributed by atoms with Crippen LogP contribution in [-0.2, 0) is 4.74 Å². The van der Waals surface area contributed by atoms with Gasteiger partial charge in [0.05, 0.1) is 0 Å². The summed E-state index contributed by atoms with van der Waals surface area (Å²) in [7, 11) is 0. The Labute approximate surface area is 127 Å². The molecule has 0 aromatic heterocycles. The molecule has 2 fully saturated rings. The third-order valence-electron chi connectivity index (χ3n) is 4.61. The molecule has 0 saturated carbocycles. The minimum atomic E-state index is -0.410. The number of rotatable bonds is 1. The van der Waals surface area contributed by atoms with E-state index in [9.17, 15) is 4.79 Å². The molecule has 0 aliphatic carbocycles. The van der Waals surface area contributed by atoms with E-state index in [1.54, 1.807) is 0 Å².